The molecule has 8 nitrogen and oxygen atoms in total. The van der Waals surface area contributed by atoms with Gasteiger partial charge in [-0.3, -0.25) is 9.59 Å². The van der Waals surface area contributed by atoms with Crippen molar-refractivity contribution in [1.29, 1.82) is 0 Å². The lowest BCUT2D eigenvalue weighted by atomic mass is 10.1. The molecule has 0 atom stereocenters. The van der Waals surface area contributed by atoms with Crippen molar-refractivity contribution in [2.24, 2.45) is 7.05 Å². The van der Waals surface area contributed by atoms with Crippen LogP contribution in [0.15, 0.2) is 36.5 Å². The normalized spacial score (nSPS) is 10.6. The zero-order valence-electron chi connectivity index (χ0n) is 19.1. The highest BCUT2D eigenvalue weighted by Gasteiger charge is 2.24. The van der Waals surface area contributed by atoms with E-state index < -0.39 is 0 Å². The summed E-state index contributed by atoms with van der Waals surface area (Å²) in [6.45, 7) is 3.73. The van der Waals surface area contributed by atoms with Gasteiger partial charge in [0.1, 0.15) is 18.0 Å². The fraction of sp³-hybridized carbons (Fsp3) is 0.478. The Morgan fingerprint density at radius 1 is 1.03 bits per heavy atom. The Labute approximate surface area is 184 Å². The average molecular weight is 432 g/mol. The van der Waals surface area contributed by atoms with Crippen molar-refractivity contribution in [2.75, 3.05) is 47.6 Å². The second-order valence-corrected chi connectivity index (χ2v) is 7.21. The molecule has 0 fully saturated rings. The van der Waals surface area contributed by atoms with Crippen LogP contribution in [0.1, 0.15) is 29.4 Å². The van der Waals surface area contributed by atoms with Gasteiger partial charge in [0.15, 0.2) is 0 Å². The third-order valence-corrected chi connectivity index (χ3v) is 5.07. The van der Waals surface area contributed by atoms with E-state index in [1.165, 1.54) is 7.11 Å². The molecular weight excluding hydrogens is 398 g/mol. The maximum atomic E-state index is 13.3. The van der Waals surface area contributed by atoms with E-state index in [2.05, 4.69) is 0 Å². The van der Waals surface area contributed by atoms with Crippen LogP contribution in [0.25, 0.3) is 0 Å². The number of carbonyl (C=O) groups excluding carboxylic acids is 2. The standard InChI is InChI=1S/C23H33N3O5/c1-6-11-26(23(28)20-10-9-19(30-4)15-21(20)31-5)17-22(27)25(13-14-29-3)16-18-8-7-12-24(18)2/h7-10,12,15H,6,11,13-14,16-17H2,1-5H3. The number of carbonyl (C=O) groups is 2. The molecule has 0 aliphatic heterocycles. The van der Waals surface area contributed by atoms with E-state index in [0.29, 0.717) is 43.3 Å². The zero-order valence-corrected chi connectivity index (χ0v) is 19.1. The summed E-state index contributed by atoms with van der Waals surface area (Å²) < 4.78 is 17.8. The van der Waals surface area contributed by atoms with Crippen LogP contribution in [0, 0.1) is 0 Å². The van der Waals surface area contributed by atoms with E-state index in [0.717, 1.165) is 12.1 Å². The lowest BCUT2D eigenvalue weighted by Gasteiger charge is -2.28. The molecule has 2 aromatic rings. The van der Waals surface area contributed by atoms with Gasteiger partial charge in [-0.05, 0) is 30.7 Å². The summed E-state index contributed by atoms with van der Waals surface area (Å²) in [5.41, 5.74) is 1.41. The van der Waals surface area contributed by atoms with Crippen LogP contribution in [-0.2, 0) is 23.1 Å². The van der Waals surface area contributed by atoms with Crippen molar-refractivity contribution in [1.82, 2.24) is 14.4 Å². The van der Waals surface area contributed by atoms with Gasteiger partial charge in [0.05, 0.1) is 32.9 Å². The van der Waals surface area contributed by atoms with Crippen molar-refractivity contribution in [3.63, 3.8) is 0 Å². The summed E-state index contributed by atoms with van der Waals surface area (Å²) >= 11 is 0. The Morgan fingerprint density at radius 3 is 2.39 bits per heavy atom. The Balaban J connectivity index is 2.21. The Bertz CT molecular complexity index is 865. The minimum absolute atomic E-state index is 0.0179. The summed E-state index contributed by atoms with van der Waals surface area (Å²) in [6, 6.07) is 8.96. The van der Waals surface area contributed by atoms with E-state index in [1.54, 1.807) is 42.2 Å². The molecule has 31 heavy (non-hydrogen) atoms. The van der Waals surface area contributed by atoms with Gasteiger partial charge in [-0.1, -0.05) is 6.92 Å². The van der Waals surface area contributed by atoms with Gasteiger partial charge in [-0.25, -0.2) is 0 Å². The fourth-order valence-corrected chi connectivity index (χ4v) is 3.28. The highest BCUT2D eigenvalue weighted by molar-refractivity contribution is 5.99. The minimum Gasteiger partial charge on any atom is -0.497 e. The summed E-state index contributed by atoms with van der Waals surface area (Å²) in [5.74, 6) is 0.630. The molecule has 2 rings (SSSR count). The molecule has 2 amide bonds. The van der Waals surface area contributed by atoms with Crippen LogP contribution in [0.5, 0.6) is 11.5 Å². The maximum absolute atomic E-state index is 13.3. The SMILES string of the molecule is CCCN(CC(=O)N(CCOC)Cc1cccn1C)C(=O)c1ccc(OC)cc1OC. The minimum atomic E-state index is -0.250. The number of methoxy groups -OCH3 is 3. The van der Waals surface area contributed by atoms with Crippen LogP contribution < -0.4 is 9.47 Å². The van der Waals surface area contributed by atoms with Crippen molar-refractivity contribution in [3.05, 3.63) is 47.8 Å². The predicted molar refractivity (Wildman–Crippen MR) is 118 cm³/mol. The Hall–Kier alpha value is -3.00. The van der Waals surface area contributed by atoms with Crippen LogP contribution in [0.2, 0.25) is 0 Å². The lowest BCUT2D eigenvalue weighted by molar-refractivity contribution is -0.133. The first-order valence-electron chi connectivity index (χ1n) is 10.3. The first-order valence-corrected chi connectivity index (χ1v) is 10.3. The number of hydrogen-bond acceptors (Lipinski definition) is 5. The highest BCUT2D eigenvalue weighted by Crippen LogP contribution is 2.26. The van der Waals surface area contributed by atoms with Gasteiger partial charge >= 0.3 is 0 Å². The monoisotopic (exact) mass is 431 g/mol. The first-order chi connectivity index (χ1) is 14.9. The van der Waals surface area contributed by atoms with E-state index in [9.17, 15) is 9.59 Å². The van der Waals surface area contributed by atoms with Crippen molar-refractivity contribution in [3.8, 4) is 11.5 Å². The highest BCUT2D eigenvalue weighted by atomic mass is 16.5. The number of aryl methyl sites for hydroxylation is 1. The van der Waals surface area contributed by atoms with E-state index in [-0.39, 0.29) is 18.4 Å². The summed E-state index contributed by atoms with van der Waals surface area (Å²) in [7, 11) is 6.61. The van der Waals surface area contributed by atoms with Gasteiger partial charge < -0.3 is 28.6 Å². The largest absolute Gasteiger partial charge is 0.497 e. The molecular formula is C23H33N3O5. The third-order valence-electron chi connectivity index (χ3n) is 5.07. The summed E-state index contributed by atoms with van der Waals surface area (Å²) in [5, 5.41) is 0. The maximum Gasteiger partial charge on any atom is 0.258 e. The number of nitrogens with zero attached hydrogens (tertiary/aromatic N) is 3. The fourth-order valence-electron chi connectivity index (χ4n) is 3.28. The van der Waals surface area contributed by atoms with Crippen molar-refractivity contribution in [2.45, 2.75) is 19.9 Å². The molecule has 0 aliphatic rings. The second-order valence-electron chi connectivity index (χ2n) is 7.21. The van der Waals surface area contributed by atoms with E-state index >= 15 is 0 Å². The van der Waals surface area contributed by atoms with E-state index in [4.69, 9.17) is 14.2 Å². The van der Waals surface area contributed by atoms with E-state index in [1.807, 2.05) is 36.9 Å². The molecule has 0 spiro atoms. The molecule has 0 saturated carbocycles. The quantitative estimate of drug-likeness (QED) is 0.516. The molecule has 0 saturated heterocycles. The number of hydrogen-bond donors (Lipinski definition) is 0. The second kappa shape index (κ2) is 12.0. The van der Waals surface area contributed by atoms with Crippen LogP contribution in [0.3, 0.4) is 0 Å². The van der Waals surface area contributed by atoms with Gasteiger partial charge in [0.25, 0.3) is 5.91 Å². The third kappa shape index (κ3) is 6.49. The van der Waals surface area contributed by atoms with Gasteiger partial charge in [0.2, 0.25) is 5.91 Å². The Morgan fingerprint density at radius 2 is 1.81 bits per heavy atom. The molecule has 0 bridgehead atoms. The predicted octanol–water partition coefficient (Wildman–Crippen LogP) is 2.57. The molecule has 0 N–H and O–H groups in total. The lowest BCUT2D eigenvalue weighted by Crippen LogP contribution is -2.44. The number of benzene rings is 1. The smallest absolute Gasteiger partial charge is 0.258 e. The molecule has 1 aromatic carbocycles. The Kier molecular flexibility index (Phi) is 9.40. The first kappa shape index (κ1) is 24.3. The molecule has 8 heteroatoms. The number of ether oxygens (including phenoxy) is 3. The molecule has 0 unspecified atom stereocenters. The van der Waals surface area contributed by atoms with Crippen LogP contribution >= 0.6 is 0 Å². The summed E-state index contributed by atoms with van der Waals surface area (Å²) in [6.07, 6.45) is 2.67. The van der Waals surface area contributed by atoms with Crippen LogP contribution in [0.4, 0.5) is 0 Å². The number of aromatic nitrogens is 1. The number of amides is 2. The summed E-state index contributed by atoms with van der Waals surface area (Å²) in [4.78, 5) is 29.7. The van der Waals surface area contributed by atoms with Crippen molar-refractivity contribution >= 4 is 11.8 Å². The molecule has 170 valence electrons. The topological polar surface area (TPSA) is 73.2 Å². The molecule has 0 aliphatic carbocycles. The van der Waals surface area contributed by atoms with Gasteiger partial charge in [-0.15, -0.1) is 0 Å². The average Bonchev–Trinajstić information content (AvgIpc) is 3.19. The molecule has 1 heterocycles. The van der Waals surface area contributed by atoms with Crippen molar-refractivity contribution < 1.29 is 23.8 Å². The van der Waals surface area contributed by atoms with Gasteiger partial charge in [-0.2, -0.15) is 0 Å². The number of rotatable bonds is 12. The molecule has 0 radical (unpaired) electrons. The molecule has 1 aromatic heterocycles. The van der Waals surface area contributed by atoms with Gasteiger partial charge in [0, 0.05) is 45.2 Å². The van der Waals surface area contributed by atoms with Crippen LogP contribution in [-0.4, -0.2) is 73.8 Å². The zero-order chi connectivity index (χ0) is 22.8.